The van der Waals surface area contributed by atoms with Crippen molar-refractivity contribution >= 4 is 34.3 Å². The lowest BCUT2D eigenvalue weighted by molar-refractivity contribution is -0.136. The SMILES string of the molecule is Cc1ccc(N2CCN(CCC(=S)N3CCC(Nc4ccc(N)c(C(F)(F)F)c4)CC3)CC2)cc1. The average Bonchev–Trinajstić information content (AvgIpc) is 2.84. The highest BCUT2D eigenvalue weighted by Gasteiger charge is 2.33. The predicted molar refractivity (Wildman–Crippen MR) is 141 cm³/mol. The van der Waals surface area contributed by atoms with Gasteiger partial charge < -0.3 is 20.9 Å². The number of benzene rings is 2. The van der Waals surface area contributed by atoms with Gasteiger partial charge in [0, 0.05) is 75.3 Å². The standard InChI is InChI=1S/C26H34F3N5S/c1-19-2-5-22(6-3-19)33-16-14-32(15-17-33)11-10-25(35)34-12-8-20(9-13-34)31-21-4-7-24(30)23(18-21)26(27,28)29/h2-7,18,20,31H,8-17,30H2,1H3. The number of rotatable bonds is 6. The zero-order chi connectivity index (χ0) is 25.0. The van der Waals surface area contributed by atoms with Crippen molar-refractivity contribution in [3.05, 3.63) is 53.6 Å². The Kier molecular flexibility index (Phi) is 8.06. The van der Waals surface area contributed by atoms with Gasteiger partial charge in [0.2, 0.25) is 0 Å². The molecule has 0 aromatic heterocycles. The van der Waals surface area contributed by atoms with Crippen LogP contribution in [0.15, 0.2) is 42.5 Å². The summed E-state index contributed by atoms with van der Waals surface area (Å²) in [4.78, 5) is 8.14. The maximum atomic E-state index is 13.1. The van der Waals surface area contributed by atoms with E-state index in [0.717, 1.165) is 76.1 Å². The fourth-order valence-electron chi connectivity index (χ4n) is 4.80. The van der Waals surface area contributed by atoms with Crippen LogP contribution in [0.1, 0.15) is 30.4 Å². The molecule has 2 saturated heterocycles. The van der Waals surface area contributed by atoms with Crippen molar-refractivity contribution in [3.63, 3.8) is 0 Å². The van der Waals surface area contributed by atoms with E-state index in [0.29, 0.717) is 5.69 Å². The minimum absolute atomic E-state index is 0.119. The summed E-state index contributed by atoms with van der Waals surface area (Å²) in [7, 11) is 0. The number of halogens is 3. The van der Waals surface area contributed by atoms with Crippen molar-refractivity contribution in [3.8, 4) is 0 Å². The summed E-state index contributed by atoms with van der Waals surface area (Å²) >= 11 is 5.72. The van der Waals surface area contributed by atoms with Crippen molar-refractivity contribution in [1.29, 1.82) is 0 Å². The number of nitrogens with one attached hydrogen (secondary N) is 1. The number of piperidine rings is 1. The molecule has 190 valence electrons. The van der Waals surface area contributed by atoms with Crippen LogP contribution in [0.25, 0.3) is 0 Å². The van der Waals surface area contributed by atoms with Gasteiger partial charge in [-0.2, -0.15) is 13.2 Å². The number of alkyl halides is 3. The Labute approximate surface area is 211 Å². The minimum Gasteiger partial charge on any atom is -0.398 e. The maximum absolute atomic E-state index is 13.1. The van der Waals surface area contributed by atoms with E-state index in [4.69, 9.17) is 18.0 Å². The monoisotopic (exact) mass is 505 g/mol. The highest BCUT2D eigenvalue weighted by Crippen LogP contribution is 2.35. The average molecular weight is 506 g/mol. The smallest absolute Gasteiger partial charge is 0.398 e. The topological polar surface area (TPSA) is 47.8 Å². The molecule has 9 heteroatoms. The molecule has 0 spiro atoms. The molecule has 0 atom stereocenters. The Morgan fingerprint density at radius 3 is 2.29 bits per heavy atom. The largest absolute Gasteiger partial charge is 0.418 e. The number of nitrogen functional groups attached to an aromatic ring is 1. The van der Waals surface area contributed by atoms with Gasteiger partial charge >= 0.3 is 6.18 Å². The van der Waals surface area contributed by atoms with Crippen LogP contribution in [0.4, 0.5) is 30.2 Å². The van der Waals surface area contributed by atoms with E-state index in [1.54, 1.807) is 6.07 Å². The van der Waals surface area contributed by atoms with Crippen LogP contribution in [-0.2, 0) is 6.18 Å². The Bertz CT molecular complexity index is 995. The van der Waals surface area contributed by atoms with Gasteiger partial charge in [0.05, 0.1) is 10.6 Å². The van der Waals surface area contributed by atoms with E-state index in [9.17, 15) is 13.2 Å². The first kappa shape index (κ1) is 25.6. The fraction of sp³-hybridized carbons (Fsp3) is 0.500. The first-order chi connectivity index (χ1) is 16.7. The molecule has 2 aromatic carbocycles. The zero-order valence-corrected chi connectivity index (χ0v) is 21.0. The van der Waals surface area contributed by atoms with E-state index < -0.39 is 11.7 Å². The van der Waals surface area contributed by atoms with Crippen LogP contribution >= 0.6 is 12.2 Å². The highest BCUT2D eigenvalue weighted by atomic mass is 32.1. The third-order valence-electron chi connectivity index (χ3n) is 6.99. The van der Waals surface area contributed by atoms with E-state index in [2.05, 4.69) is 51.2 Å². The van der Waals surface area contributed by atoms with Gasteiger partial charge in [0.25, 0.3) is 0 Å². The molecular formula is C26H34F3N5S. The van der Waals surface area contributed by atoms with Crippen LogP contribution in [0.3, 0.4) is 0 Å². The Morgan fingerprint density at radius 1 is 1.00 bits per heavy atom. The molecule has 3 N–H and O–H groups in total. The lowest BCUT2D eigenvalue weighted by Gasteiger charge is -2.37. The van der Waals surface area contributed by atoms with Crippen LogP contribution < -0.4 is 16.0 Å². The Balaban J connectivity index is 1.18. The highest BCUT2D eigenvalue weighted by molar-refractivity contribution is 7.80. The molecule has 2 aromatic rings. The summed E-state index contributed by atoms with van der Waals surface area (Å²) in [5.74, 6) is 0. The molecule has 0 saturated carbocycles. The number of nitrogens with zero attached hydrogens (tertiary/aromatic N) is 3. The third kappa shape index (κ3) is 6.79. The van der Waals surface area contributed by atoms with E-state index in [1.165, 1.54) is 17.3 Å². The lowest BCUT2D eigenvalue weighted by Crippen LogP contribution is -2.48. The molecule has 2 fully saturated rings. The molecule has 2 aliphatic rings. The van der Waals surface area contributed by atoms with Crippen molar-refractivity contribution in [2.24, 2.45) is 0 Å². The van der Waals surface area contributed by atoms with Crippen LogP contribution in [0.2, 0.25) is 0 Å². The van der Waals surface area contributed by atoms with E-state index in [-0.39, 0.29) is 11.7 Å². The van der Waals surface area contributed by atoms with Crippen molar-refractivity contribution in [2.75, 3.05) is 61.8 Å². The lowest BCUT2D eigenvalue weighted by atomic mass is 10.0. The molecule has 4 rings (SSSR count). The van der Waals surface area contributed by atoms with Crippen LogP contribution in [-0.4, -0.2) is 66.6 Å². The van der Waals surface area contributed by atoms with Crippen molar-refractivity contribution in [2.45, 2.75) is 38.4 Å². The molecule has 5 nitrogen and oxygen atoms in total. The summed E-state index contributed by atoms with van der Waals surface area (Å²) in [5.41, 5.74) is 7.49. The second-order valence-corrected chi connectivity index (χ2v) is 9.98. The molecule has 0 bridgehead atoms. The second-order valence-electron chi connectivity index (χ2n) is 9.51. The number of piperazine rings is 1. The first-order valence-electron chi connectivity index (χ1n) is 12.2. The molecule has 0 amide bonds. The van der Waals surface area contributed by atoms with Crippen molar-refractivity contribution in [1.82, 2.24) is 9.80 Å². The Hall–Kier alpha value is -2.52. The van der Waals surface area contributed by atoms with Gasteiger partial charge in [0.1, 0.15) is 0 Å². The van der Waals surface area contributed by atoms with E-state index >= 15 is 0 Å². The summed E-state index contributed by atoms with van der Waals surface area (Å²) in [6, 6.07) is 12.9. The number of hydrogen-bond donors (Lipinski definition) is 2. The number of aryl methyl sites for hydroxylation is 1. The molecule has 0 aliphatic carbocycles. The number of nitrogens with two attached hydrogens (primary N) is 1. The van der Waals surface area contributed by atoms with Gasteiger partial charge in [-0.25, -0.2) is 0 Å². The van der Waals surface area contributed by atoms with E-state index in [1.807, 2.05) is 0 Å². The minimum atomic E-state index is -4.45. The number of hydrogen-bond acceptors (Lipinski definition) is 5. The van der Waals surface area contributed by atoms with Gasteiger partial charge in [-0.1, -0.05) is 29.9 Å². The fourth-order valence-corrected chi connectivity index (χ4v) is 5.07. The quantitative estimate of drug-likeness (QED) is 0.425. The zero-order valence-electron chi connectivity index (χ0n) is 20.2. The van der Waals surface area contributed by atoms with Gasteiger partial charge in [-0.3, -0.25) is 4.90 Å². The molecule has 2 aliphatic heterocycles. The first-order valence-corrected chi connectivity index (χ1v) is 12.6. The summed E-state index contributed by atoms with van der Waals surface area (Å²) in [5, 5.41) is 3.25. The van der Waals surface area contributed by atoms with Gasteiger partial charge in [-0.05, 0) is 50.1 Å². The molecular weight excluding hydrogens is 471 g/mol. The molecule has 0 radical (unpaired) electrons. The maximum Gasteiger partial charge on any atom is 0.418 e. The Morgan fingerprint density at radius 2 is 1.66 bits per heavy atom. The molecule has 0 unspecified atom stereocenters. The number of thiocarbonyl (C=S) groups is 1. The number of likely N-dealkylation sites (tertiary alicyclic amines) is 1. The second kappa shape index (κ2) is 11.0. The third-order valence-corrected chi connectivity index (χ3v) is 7.45. The summed E-state index contributed by atoms with van der Waals surface area (Å²) < 4.78 is 39.4. The summed E-state index contributed by atoms with van der Waals surface area (Å²) in [6.07, 6.45) is -1.92. The van der Waals surface area contributed by atoms with Gasteiger partial charge in [0.15, 0.2) is 0 Å². The van der Waals surface area contributed by atoms with Crippen LogP contribution in [0, 0.1) is 6.92 Å². The molecule has 2 heterocycles. The van der Waals surface area contributed by atoms with Crippen LogP contribution in [0.5, 0.6) is 0 Å². The van der Waals surface area contributed by atoms with Crippen molar-refractivity contribution < 1.29 is 13.2 Å². The molecule has 35 heavy (non-hydrogen) atoms. The number of anilines is 3. The summed E-state index contributed by atoms with van der Waals surface area (Å²) in [6.45, 7) is 8.81. The predicted octanol–water partition coefficient (Wildman–Crippen LogP) is 5.01. The van der Waals surface area contributed by atoms with Gasteiger partial charge in [-0.15, -0.1) is 0 Å². The normalized spacial score (nSPS) is 18.1.